The van der Waals surface area contributed by atoms with E-state index in [4.69, 9.17) is 15.0 Å². The molecule has 0 saturated carbocycles. The highest BCUT2D eigenvalue weighted by Gasteiger charge is 2.18. The number of aromatic hydroxyl groups is 1. The first-order chi connectivity index (χ1) is 11.0. The zero-order valence-corrected chi connectivity index (χ0v) is 13.8. The molecule has 0 aliphatic heterocycles. The molecule has 0 aliphatic rings. The summed E-state index contributed by atoms with van der Waals surface area (Å²) in [6.07, 6.45) is -0.0699. The smallest absolute Gasteiger partial charge is 0.294 e. The average molecular weight is 377 g/mol. The molecule has 0 saturated heterocycles. The minimum absolute atomic E-state index is 0.0323. The van der Waals surface area contributed by atoms with Crippen molar-refractivity contribution in [1.82, 2.24) is 0 Å². The maximum absolute atomic E-state index is 11.3. The van der Waals surface area contributed by atoms with Crippen molar-refractivity contribution in [3.8, 4) is 11.5 Å². The van der Waals surface area contributed by atoms with E-state index in [9.17, 15) is 26.5 Å². The zero-order chi connectivity index (χ0) is 18.1. The van der Waals surface area contributed by atoms with Gasteiger partial charge in [0.2, 0.25) is 0 Å². The summed E-state index contributed by atoms with van der Waals surface area (Å²) in [7, 11) is -8.67. The number of phenols is 1. The number of hydrogen-bond acceptors (Lipinski definition) is 7. The van der Waals surface area contributed by atoms with Crippen molar-refractivity contribution in [2.24, 2.45) is 0 Å². The molecule has 2 aromatic carbocycles. The summed E-state index contributed by atoms with van der Waals surface area (Å²) in [5.41, 5.74) is 5.64. The first kappa shape index (κ1) is 18.3. The first-order valence-corrected chi connectivity index (χ1v) is 9.64. The van der Waals surface area contributed by atoms with E-state index in [2.05, 4.69) is 0 Å². The molecule has 0 aromatic heterocycles. The number of nitrogens with two attached hydrogens (primary N) is 1. The van der Waals surface area contributed by atoms with Gasteiger partial charge in [0, 0.05) is 6.07 Å². The van der Waals surface area contributed by atoms with Gasteiger partial charge in [-0.1, -0.05) is 6.07 Å². The molecule has 0 radical (unpaired) electrons. The van der Waals surface area contributed by atoms with Crippen LogP contribution in [0.25, 0.3) is 10.8 Å². The Balaban J connectivity index is 2.46. The van der Waals surface area contributed by atoms with E-state index in [0.29, 0.717) is 0 Å². The van der Waals surface area contributed by atoms with E-state index in [0.717, 1.165) is 12.1 Å². The fourth-order valence-corrected chi connectivity index (χ4v) is 3.10. The van der Waals surface area contributed by atoms with Crippen LogP contribution in [-0.2, 0) is 20.2 Å². The van der Waals surface area contributed by atoms with Crippen LogP contribution >= 0.6 is 0 Å². The number of fused-ring (bicyclic) bond motifs is 1. The van der Waals surface area contributed by atoms with Gasteiger partial charge in [0.25, 0.3) is 20.2 Å². The van der Waals surface area contributed by atoms with Gasteiger partial charge in [0.15, 0.2) is 0 Å². The Morgan fingerprint density at radius 3 is 2.33 bits per heavy atom. The van der Waals surface area contributed by atoms with Crippen LogP contribution in [-0.4, -0.2) is 43.4 Å². The number of benzene rings is 2. The molecule has 2 aromatic rings. The van der Waals surface area contributed by atoms with Gasteiger partial charge in [-0.15, -0.1) is 0 Å². The third-order valence-corrected chi connectivity index (χ3v) is 4.80. The predicted octanol–water partition coefficient (Wildman–Crippen LogP) is 1.03. The van der Waals surface area contributed by atoms with Crippen LogP contribution in [0, 0.1) is 0 Å². The van der Waals surface area contributed by atoms with Crippen LogP contribution < -0.4 is 10.5 Å². The number of hydrogen-bond donors (Lipinski definition) is 4. The second kappa shape index (κ2) is 6.43. The van der Waals surface area contributed by atoms with E-state index in [-0.39, 0.29) is 41.0 Å². The molecule has 0 spiro atoms. The number of nitrogen functional groups attached to an aromatic ring is 1. The molecule has 0 amide bonds. The topological polar surface area (TPSA) is 164 Å². The number of anilines is 1. The normalized spacial score (nSPS) is 12.4. The molecule has 11 heteroatoms. The van der Waals surface area contributed by atoms with E-state index in [1.807, 2.05) is 0 Å². The van der Waals surface area contributed by atoms with Gasteiger partial charge in [-0.2, -0.15) is 16.8 Å². The standard InChI is InChI=1S/C13H15NO8S2/c14-10-3-2-8-6-9(24(19,20)21)7-11(12(8)13(10)15)22-4-1-5-23(16,17)18/h2-3,6-7,15H,1,4-5,14H2,(H,16,17,18)(H,19,20,21). The van der Waals surface area contributed by atoms with E-state index in [1.54, 1.807) is 0 Å². The molecule has 0 aliphatic carbocycles. The minimum Gasteiger partial charge on any atom is -0.505 e. The molecule has 0 atom stereocenters. The van der Waals surface area contributed by atoms with E-state index >= 15 is 0 Å². The molecule has 2 rings (SSSR count). The van der Waals surface area contributed by atoms with E-state index in [1.165, 1.54) is 12.1 Å². The largest absolute Gasteiger partial charge is 0.505 e. The lowest BCUT2D eigenvalue weighted by Crippen LogP contribution is -2.09. The van der Waals surface area contributed by atoms with Crippen molar-refractivity contribution in [2.45, 2.75) is 11.3 Å². The maximum Gasteiger partial charge on any atom is 0.294 e. The van der Waals surface area contributed by atoms with Gasteiger partial charge in [0.05, 0.1) is 28.3 Å². The van der Waals surface area contributed by atoms with Gasteiger partial charge < -0.3 is 15.6 Å². The molecule has 9 nitrogen and oxygen atoms in total. The van der Waals surface area contributed by atoms with E-state index < -0.39 is 30.9 Å². The van der Waals surface area contributed by atoms with Gasteiger partial charge in [-0.25, -0.2) is 0 Å². The van der Waals surface area contributed by atoms with Crippen molar-refractivity contribution >= 4 is 36.7 Å². The summed E-state index contributed by atoms with van der Waals surface area (Å²) in [5.74, 6) is -0.976. The molecule has 132 valence electrons. The zero-order valence-electron chi connectivity index (χ0n) is 12.2. The Hall–Kier alpha value is -2.08. The fraction of sp³-hybridized carbons (Fsp3) is 0.231. The molecular formula is C13H15NO8S2. The van der Waals surface area contributed by atoms with Crippen molar-refractivity contribution in [3.05, 3.63) is 24.3 Å². The van der Waals surface area contributed by atoms with Crippen LogP contribution in [0.2, 0.25) is 0 Å². The molecule has 5 N–H and O–H groups in total. The van der Waals surface area contributed by atoms with Crippen LogP contribution in [0.3, 0.4) is 0 Å². The SMILES string of the molecule is Nc1ccc2cc(S(=O)(=O)O)cc(OCCCS(=O)(=O)O)c2c1O. The molecular weight excluding hydrogens is 362 g/mol. The second-order valence-corrected chi connectivity index (χ2v) is 7.98. The third kappa shape index (κ3) is 4.26. The summed E-state index contributed by atoms with van der Waals surface area (Å²) in [6.45, 7) is -0.182. The van der Waals surface area contributed by atoms with Crippen molar-refractivity contribution < 1.29 is 35.8 Å². The lowest BCUT2D eigenvalue weighted by Gasteiger charge is -2.13. The highest BCUT2D eigenvalue weighted by atomic mass is 32.2. The predicted molar refractivity (Wildman–Crippen MR) is 86.4 cm³/mol. The highest BCUT2D eigenvalue weighted by Crippen LogP contribution is 2.39. The quantitative estimate of drug-likeness (QED) is 0.249. The Morgan fingerprint density at radius 2 is 1.75 bits per heavy atom. The lowest BCUT2D eigenvalue weighted by atomic mass is 10.1. The molecule has 0 heterocycles. The minimum atomic E-state index is -4.52. The Bertz CT molecular complexity index is 983. The van der Waals surface area contributed by atoms with Crippen LogP contribution in [0.15, 0.2) is 29.2 Å². The maximum atomic E-state index is 11.3. The summed E-state index contributed by atoms with van der Waals surface area (Å²) in [4.78, 5) is -0.455. The van der Waals surface area contributed by atoms with Gasteiger partial charge in [-0.05, 0) is 23.9 Å². The third-order valence-electron chi connectivity index (χ3n) is 3.16. The van der Waals surface area contributed by atoms with Crippen LogP contribution in [0.5, 0.6) is 11.5 Å². The number of rotatable bonds is 6. The average Bonchev–Trinajstić information content (AvgIpc) is 2.45. The monoisotopic (exact) mass is 377 g/mol. The van der Waals surface area contributed by atoms with Gasteiger partial charge in [0.1, 0.15) is 11.5 Å². The van der Waals surface area contributed by atoms with Crippen molar-refractivity contribution in [2.75, 3.05) is 18.1 Å². The lowest BCUT2D eigenvalue weighted by molar-refractivity contribution is 0.318. The number of ether oxygens (including phenoxy) is 1. The summed E-state index contributed by atoms with van der Waals surface area (Å²) < 4.78 is 67.2. The Morgan fingerprint density at radius 1 is 1.08 bits per heavy atom. The van der Waals surface area contributed by atoms with Gasteiger partial charge in [-0.3, -0.25) is 9.11 Å². The molecule has 24 heavy (non-hydrogen) atoms. The van der Waals surface area contributed by atoms with Gasteiger partial charge >= 0.3 is 0 Å². The Labute approximate surface area is 138 Å². The molecule has 0 fully saturated rings. The first-order valence-electron chi connectivity index (χ1n) is 6.60. The van der Waals surface area contributed by atoms with Crippen LogP contribution in [0.1, 0.15) is 6.42 Å². The number of phenolic OH excluding ortho intramolecular Hbond substituents is 1. The summed E-state index contributed by atoms with van der Waals surface area (Å²) in [5, 5.41) is 10.4. The highest BCUT2D eigenvalue weighted by molar-refractivity contribution is 7.86. The molecule has 0 unspecified atom stereocenters. The second-order valence-electron chi connectivity index (χ2n) is 4.99. The van der Waals surface area contributed by atoms with Crippen molar-refractivity contribution in [3.63, 3.8) is 0 Å². The fourth-order valence-electron chi connectivity index (χ4n) is 2.08. The summed E-state index contributed by atoms with van der Waals surface area (Å²) in [6, 6.07) is 4.91. The Kier molecular flexibility index (Phi) is 4.90. The summed E-state index contributed by atoms with van der Waals surface area (Å²) >= 11 is 0. The van der Waals surface area contributed by atoms with Crippen molar-refractivity contribution in [1.29, 1.82) is 0 Å². The molecule has 0 bridgehead atoms. The van der Waals surface area contributed by atoms with Crippen LogP contribution in [0.4, 0.5) is 5.69 Å².